The van der Waals surface area contributed by atoms with E-state index < -0.39 is 20.0 Å². The summed E-state index contributed by atoms with van der Waals surface area (Å²) in [5.74, 6) is 0.605. The zero-order valence-corrected chi connectivity index (χ0v) is 19.8. The van der Waals surface area contributed by atoms with Gasteiger partial charge < -0.3 is 19.8 Å². The first-order valence-electron chi connectivity index (χ1n) is 9.62. The number of carbonyl (C=O) groups is 1. The zero-order chi connectivity index (χ0) is 22.0. The number of aromatic nitrogens is 2. The number of carbonyl (C=O) groups excluding carboxylic acids is 1. The van der Waals surface area contributed by atoms with E-state index in [4.69, 9.17) is 26.5 Å². The second-order valence-corrected chi connectivity index (χ2v) is 14.3. The number of nitrogens with zero attached hydrogens (tertiary/aromatic N) is 4. The highest BCUT2D eigenvalue weighted by atomic mass is 35.5. The van der Waals surface area contributed by atoms with Crippen LogP contribution in [0.2, 0.25) is 23.3 Å². The first-order chi connectivity index (χ1) is 13.3. The normalized spacial score (nSPS) is 17.0. The number of anilines is 1. The third kappa shape index (κ3) is 5.59. The fourth-order valence-corrected chi connectivity index (χ4v) is 3.96. The second kappa shape index (κ2) is 8.46. The van der Waals surface area contributed by atoms with Crippen LogP contribution in [0.4, 0.5) is 10.6 Å². The van der Waals surface area contributed by atoms with Crippen LogP contribution in [-0.2, 0) is 15.8 Å². The minimum atomic E-state index is -2.02. The number of hydrogen-bond donors (Lipinski definition) is 1. The molecule has 0 spiro atoms. The first-order valence-corrected chi connectivity index (χ1v) is 12.9. The topological polar surface area (TPSA) is 114 Å². The van der Waals surface area contributed by atoms with Crippen LogP contribution in [0.5, 0.6) is 0 Å². The summed E-state index contributed by atoms with van der Waals surface area (Å²) in [7, 11) is -2.02. The lowest BCUT2D eigenvalue weighted by Gasteiger charge is -2.39. The molecule has 0 bridgehead atoms. The van der Waals surface area contributed by atoms with Crippen molar-refractivity contribution in [2.24, 2.45) is 5.73 Å². The van der Waals surface area contributed by atoms with E-state index in [2.05, 4.69) is 43.8 Å². The number of halogens is 1. The number of rotatable bonds is 5. The van der Waals surface area contributed by atoms with Gasteiger partial charge in [-0.1, -0.05) is 32.4 Å². The van der Waals surface area contributed by atoms with Crippen molar-refractivity contribution in [1.82, 2.24) is 9.97 Å². The molecule has 1 aliphatic heterocycles. The predicted molar refractivity (Wildman–Crippen MR) is 114 cm³/mol. The molecule has 0 aliphatic carbocycles. The number of nitriles is 1. The molecule has 1 fully saturated rings. The van der Waals surface area contributed by atoms with Gasteiger partial charge in [0.25, 0.3) is 0 Å². The van der Waals surface area contributed by atoms with Crippen LogP contribution < -0.4 is 10.6 Å². The Kier molecular flexibility index (Phi) is 6.82. The molecule has 0 atom stereocenters. The smallest absolute Gasteiger partial charge is 0.405 e. The van der Waals surface area contributed by atoms with Gasteiger partial charge in [-0.15, -0.1) is 0 Å². The fourth-order valence-electron chi connectivity index (χ4n) is 2.86. The molecule has 29 heavy (non-hydrogen) atoms. The Morgan fingerprint density at radius 2 is 1.93 bits per heavy atom. The first kappa shape index (κ1) is 23.4. The number of primary amides is 1. The molecule has 0 aromatic carbocycles. The van der Waals surface area contributed by atoms with Gasteiger partial charge in [-0.05, 0) is 25.1 Å². The molecule has 1 amide bonds. The molecule has 2 heterocycles. The van der Waals surface area contributed by atoms with Crippen molar-refractivity contribution in [2.75, 3.05) is 18.0 Å². The molecule has 0 saturated carbocycles. The molecule has 1 aliphatic rings. The number of nitrogens with two attached hydrogens (primary N) is 1. The van der Waals surface area contributed by atoms with E-state index in [0.29, 0.717) is 37.4 Å². The largest absolute Gasteiger partial charge is 0.443 e. The average Bonchev–Trinajstić information content (AvgIpc) is 2.59. The Bertz CT molecular complexity index is 811. The van der Waals surface area contributed by atoms with Gasteiger partial charge in [-0.3, -0.25) is 0 Å². The van der Waals surface area contributed by atoms with Crippen LogP contribution in [0.15, 0.2) is 0 Å². The maximum Gasteiger partial charge on any atom is 0.405 e. The summed E-state index contributed by atoms with van der Waals surface area (Å²) in [6, 6.07) is 1.99. The molecular weight excluding hydrogens is 410 g/mol. The van der Waals surface area contributed by atoms with Crippen molar-refractivity contribution in [3.63, 3.8) is 0 Å². The number of amides is 1. The van der Waals surface area contributed by atoms with Crippen LogP contribution in [-0.4, -0.2) is 43.1 Å². The molecule has 10 heteroatoms. The highest BCUT2D eigenvalue weighted by Gasteiger charge is 2.38. The number of piperidine rings is 1. The van der Waals surface area contributed by atoms with E-state index >= 15 is 0 Å². The summed E-state index contributed by atoms with van der Waals surface area (Å²) in [6.45, 7) is 14.1. The Hall–Kier alpha value is -1.89. The van der Waals surface area contributed by atoms with E-state index in [9.17, 15) is 10.1 Å². The second-order valence-electron chi connectivity index (χ2n) is 9.15. The molecule has 2 N–H and O–H groups in total. The highest BCUT2D eigenvalue weighted by Crippen LogP contribution is 2.38. The van der Waals surface area contributed by atoms with Crippen molar-refractivity contribution in [3.8, 4) is 6.07 Å². The summed E-state index contributed by atoms with van der Waals surface area (Å²) in [5, 5.41) is 9.43. The van der Waals surface area contributed by atoms with Crippen LogP contribution in [0.3, 0.4) is 0 Å². The van der Waals surface area contributed by atoms with Crippen LogP contribution in [0, 0.1) is 11.3 Å². The lowest BCUT2D eigenvalue weighted by molar-refractivity contribution is 0.0126. The lowest BCUT2D eigenvalue weighted by atomic mass is 9.93. The third-order valence-electron chi connectivity index (χ3n) is 5.85. The Labute approximate surface area is 178 Å². The Morgan fingerprint density at radius 1 is 1.34 bits per heavy atom. The van der Waals surface area contributed by atoms with Crippen LogP contribution in [0.25, 0.3) is 0 Å². The highest BCUT2D eigenvalue weighted by molar-refractivity contribution is 6.74. The molecule has 160 valence electrons. The standard InChI is InChI=1S/C19H30ClN5O3Si/c1-18(2,3)29(5,6)27-12-14-16(24-15(20)13(11-21)23-14)25-9-7-19(4,8-10-25)28-17(22)26/h7-10,12H2,1-6H3,(H2,22,26). The van der Waals surface area contributed by atoms with Crippen molar-refractivity contribution < 1.29 is 14.0 Å². The third-order valence-corrected chi connectivity index (χ3v) is 10.6. The van der Waals surface area contributed by atoms with E-state index in [1.165, 1.54) is 0 Å². The summed E-state index contributed by atoms with van der Waals surface area (Å²) < 4.78 is 11.6. The van der Waals surface area contributed by atoms with E-state index in [0.717, 1.165) is 0 Å². The van der Waals surface area contributed by atoms with Crippen LogP contribution >= 0.6 is 11.6 Å². The van der Waals surface area contributed by atoms with E-state index in [1.807, 2.05) is 17.9 Å². The van der Waals surface area contributed by atoms with Gasteiger partial charge in [0.1, 0.15) is 17.4 Å². The zero-order valence-electron chi connectivity index (χ0n) is 18.0. The molecular formula is C19H30ClN5O3Si. The molecule has 1 aromatic heterocycles. The van der Waals surface area contributed by atoms with E-state index in [1.54, 1.807) is 0 Å². The maximum atomic E-state index is 11.2. The minimum absolute atomic E-state index is 0.0457. The SMILES string of the molecule is CC1(OC(N)=O)CCN(c2nc(Cl)c(C#N)nc2CO[Si](C)(C)C(C)(C)C)CC1. The molecule has 0 unspecified atom stereocenters. The van der Waals surface area contributed by atoms with Gasteiger partial charge in [0, 0.05) is 25.9 Å². The summed E-state index contributed by atoms with van der Waals surface area (Å²) in [5.41, 5.74) is 5.26. The van der Waals surface area contributed by atoms with Gasteiger partial charge in [0.15, 0.2) is 25.0 Å². The summed E-state index contributed by atoms with van der Waals surface area (Å²) >= 11 is 6.17. The Morgan fingerprint density at radius 3 is 2.41 bits per heavy atom. The quantitative estimate of drug-likeness (QED) is 0.690. The van der Waals surface area contributed by atoms with E-state index in [-0.39, 0.29) is 22.5 Å². The minimum Gasteiger partial charge on any atom is -0.443 e. The lowest BCUT2D eigenvalue weighted by Crippen LogP contribution is -2.46. The van der Waals surface area contributed by atoms with Crippen LogP contribution in [0.1, 0.15) is 51.9 Å². The molecule has 1 saturated heterocycles. The monoisotopic (exact) mass is 439 g/mol. The maximum absolute atomic E-state index is 11.2. The van der Waals surface area contributed by atoms with Gasteiger partial charge in [-0.2, -0.15) is 5.26 Å². The Balaban J connectivity index is 2.27. The molecule has 0 radical (unpaired) electrons. The predicted octanol–water partition coefficient (Wildman–Crippen LogP) is 3.98. The molecule has 2 rings (SSSR count). The van der Waals surface area contributed by atoms with Gasteiger partial charge in [0.2, 0.25) is 0 Å². The molecule has 1 aromatic rings. The van der Waals surface area contributed by atoms with Crippen molar-refractivity contribution in [3.05, 3.63) is 16.5 Å². The average molecular weight is 440 g/mol. The van der Waals surface area contributed by atoms with Crippen molar-refractivity contribution in [1.29, 1.82) is 5.26 Å². The van der Waals surface area contributed by atoms with Gasteiger partial charge in [-0.25, -0.2) is 14.8 Å². The number of hydrogen-bond acceptors (Lipinski definition) is 7. The van der Waals surface area contributed by atoms with Crippen molar-refractivity contribution >= 4 is 31.8 Å². The fraction of sp³-hybridized carbons (Fsp3) is 0.684. The molecule has 8 nitrogen and oxygen atoms in total. The van der Waals surface area contributed by atoms with Crippen molar-refractivity contribution in [2.45, 2.75) is 70.9 Å². The van der Waals surface area contributed by atoms with Gasteiger partial charge >= 0.3 is 6.09 Å². The summed E-state index contributed by atoms with van der Waals surface area (Å²) in [4.78, 5) is 22.1. The van der Waals surface area contributed by atoms with Gasteiger partial charge in [0.05, 0.1) is 6.61 Å². The summed E-state index contributed by atoms with van der Waals surface area (Å²) in [6.07, 6.45) is 0.417. The number of ether oxygens (including phenoxy) is 1.